The molecule has 3 aromatic rings. The third-order valence-corrected chi connectivity index (χ3v) is 4.94. The predicted molar refractivity (Wildman–Crippen MR) is 113 cm³/mol. The van der Waals surface area contributed by atoms with E-state index in [1.54, 1.807) is 12.1 Å². The number of carbonyl (C=O) groups excluding carboxylic acids is 1. The average molecular weight is 391 g/mol. The highest BCUT2D eigenvalue weighted by Crippen LogP contribution is 2.24. The summed E-state index contributed by atoms with van der Waals surface area (Å²) in [6, 6.07) is 15.6. The number of piperazine rings is 1. The van der Waals surface area contributed by atoms with E-state index in [0.717, 1.165) is 30.0 Å². The molecule has 0 radical (unpaired) electrons. The number of amides is 1. The summed E-state index contributed by atoms with van der Waals surface area (Å²) in [5.41, 5.74) is 1.95. The molecule has 0 atom stereocenters. The van der Waals surface area contributed by atoms with Crippen LogP contribution in [-0.2, 0) is 0 Å². The minimum atomic E-state index is -0.0624. The molecule has 2 aromatic heterocycles. The minimum Gasteiger partial charge on any atom is -0.459 e. The fourth-order valence-corrected chi connectivity index (χ4v) is 3.36. The zero-order valence-electron chi connectivity index (χ0n) is 16.5. The van der Waals surface area contributed by atoms with Crippen LogP contribution in [0.1, 0.15) is 23.9 Å². The zero-order chi connectivity index (χ0) is 20.1. The molecule has 1 fully saturated rings. The molecule has 0 saturated carbocycles. The molecule has 1 aromatic carbocycles. The van der Waals surface area contributed by atoms with E-state index in [2.05, 4.69) is 34.3 Å². The van der Waals surface area contributed by atoms with Gasteiger partial charge in [0.2, 0.25) is 5.95 Å². The van der Waals surface area contributed by atoms with E-state index < -0.39 is 0 Å². The van der Waals surface area contributed by atoms with Gasteiger partial charge in [-0.05, 0) is 18.6 Å². The van der Waals surface area contributed by atoms with Crippen LogP contribution >= 0.6 is 0 Å². The number of anilines is 2. The van der Waals surface area contributed by atoms with Crippen molar-refractivity contribution < 1.29 is 9.21 Å². The third kappa shape index (κ3) is 4.39. The Morgan fingerprint density at radius 2 is 1.86 bits per heavy atom. The monoisotopic (exact) mass is 391 g/mol. The van der Waals surface area contributed by atoms with E-state index in [-0.39, 0.29) is 5.91 Å². The molecule has 4 rings (SSSR count). The summed E-state index contributed by atoms with van der Waals surface area (Å²) in [6.45, 7) is 5.62. The van der Waals surface area contributed by atoms with Crippen molar-refractivity contribution in [3.63, 3.8) is 0 Å². The van der Waals surface area contributed by atoms with Crippen LogP contribution in [0.2, 0.25) is 0 Å². The Morgan fingerprint density at radius 1 is 1.07 bits per heavy atom. The third-order valence-electron chi connectivity index (χ3n) is 4.94. The van der Waals surface area contributed by atoms with E-state index in [9.17, 15) is 4.79 Å². The summed E-state index contributed by atoms with van der Waals surface area (Å²) in [7, 11) is 0. The molecule has 29 heavy (non-hydrogen) atoms. The first-order valence-electron chi connectivity index (χ1n) is 10.0. The van der Waals surface area contributed by atoms with E-state index >= 15 is 0 Å². The Labute approximate surface area is 170 Å². The quantitative estimate of drug-likeness (QED) is 0.693. The average Bonchev–Trinajstić information content (AvgIpc) is 3.33. The first-order valence-corrected chi connectivity index (χ1v) is 10.0. The maximum absolute atomic E-state index is 12.5. The van der Waals surface area contributed by atoms with Gasteiger partial charge in [0.15, 0.2) is 5.76 Å². The largest absolute Gasteiger partial charge is 0.459 e. The van der Waals surface area contributed by atoms with Crippen LogP contribution in [0, 0.1) is 0 Å². The number of rotatable bonds is 6. The number of hydrogen-bond donors (Lipinski definition) is 1. The molecule has 1 saturated heterocycles. The molecule has 1 N–H and O–H groups in total. The van der Waals surface area contributed by atoms with E-state index in [1.807, 2.05) is 29.2 Å². The number of aromatic nitrogens is 2. The van der Waals surface area contributed by atoms with Crippen molar-refractivity contribution >= 4 is 17.7 Å². The van der Waals surface area contributed by atoms with Gasteiger partial charge in [-0.15, -0.1) is 0 Å². The lowest BCUT2D eigenvalue weighted by Gasteiger charge is -2.35. The van der Waals surface area contributed by atoms with Gasteiger partial charge < -0.3 is 19.5 Å². The van der Waals surface area contributed by atoms with Crippen LogP contribution in [0.15, 0.2) is 59.2 Å². The molecular formula is C22H25N5O2. The maximum Gasteiger partial charge on any atom is 0.289 e. The van der Waals surface area contributed by atoms with Crippen molar-refractivity contribution in [3.8, 4) is 11.3 Å². The number of benzene rings is 1. The summed E-state index contributed by atoms with van der Waals surface area (Å²) >= 11 is 0. The molecule has 1 aliphatic heterocycles. The first kappa shape index (κ1) is 19.0. The van der Waals surface area contributed by atoms with Crippen LogP contribution in [0.25, 0.3) is 11.3 Å². The van der Waals surface area contributed by atoms with Gasteiger partial charge in [-0.1, -0.05) is 37.3 Å². The van der Waals surface area contributed by atoms with Gasteiger partial charge >= 0.3 is 0 Å². The van der Waals surface area contributed by atoms with Crippen molar-refractivity contribution in [2.45, 2.75) is 13.3 Å². The van der Waals surface area contributed by atoms with Crippen LogP contribution in [0.5, 0.6) is 0 Å². The Bertz CT molecular complexity index is 935. The fourth-order valence-electron chi connectivity index (χ4n) is 3.36. The van der Waals surface area contributed by atoms with E-state index in [1.165, 1.54) is 6.26 Å². The number of hydrogen-bond acceptors (Lipinski definition) is 6. The van der Waals surface area contributed by atoms with Gasteiger partial charge in [-0.3, -0.25) is 4.79 Å². The highest BCUT2D eigenvalue weighted by atomic mass is 16.3. The predicted octanol–water partition coefficient (Wildman–Crippen LogP) is 3.52. The van der Waals surface area contributed by atoms with Gasteiger partial charge in [0.1, 0.15) is 5.82 Å². The fraction of sp³-hybridized carbons (Fsp3) is 0.318. The zero-order valence-corrected chi connectivity index (χ0v) is 16.5. The van der Waals surface area contributed by atoms with Crippen LogP contribution in [-0.4, -0.2) is 53.5 Å². The molecule has 1 aliphatic rings. The summed E-state index contributed by atoms with van der Waals surface area (Å²) in [5, 5.41) is 3.30. The molecule has 0 spiro atoms. The minimum absolute atomic E-state index is 0.0624. The van der Waals surface area contributed by atoms with Crippen molar-refractivity contribution in [1.82, 2.24) is 14.9 Å². The Kier molecular flexibility index (Phi) is 5.74. The van der Waals surface area contributed by atoms with Crippen molar-refractivity contribution in [3.05, 3.63) is 60.6 Å². The highest BCUT2D eigenvalue weighted by Gasteiger charge is 2.25. The second-order valence-electron chi connectivity index (χ2n) is 6.98. The van der Waals surface area contributed by atoms with Gasteiger partial charge in [-0.2, -0.15) is 4.98 Å². The number of furan rings is 1. The molecule has 3 heterocycles. The lowest BCUT2D eigenvalue weighted by Crippen LogP contribution is -2.49. The van der Waals surface area contributed by atoms with Gasteiger partial charge in [0.25, 0.3) is 5.91 Å². The summed E-state index contributed by atoms with van der Waals surface area (Å²) in [5.74, 6) is 1.84. The molecule has 1 amide bonds. The first-order chi connectivity index (χ1) is 14.2. The SMILES string of the molecule is CCCNc1nc(-c2ccccc2)cc(N2CCN(C(=O)c3ccco3)CC2)n1. The van der Waals surface area contributed by atoms with Gasteiger partial charge in [0.05, 0.1) is 12.0 Å². The standard InChI is InChI=1S/C22H25N5O2/c1-2-10-23-22-24-18(17-7-4-3-5-8-17)16-20(25-22)26-11-13-27(14-12-26)21(28)19-9-6-15-29-19/h3-9,15-16H,2,10-14H2,1H3,(H,23,24,25). The molecule has 0 unspecified atom stereocenters. The Balaban J connectivity index is 1.52. The second-order valence-corrected chi connectivity index (χ2v) is 6.98. The molecule has 7 nitrogen and oxygen atoms in total. The lowest BCUT2D eigenvalue weighted by atomic mass is 10.1. The van der Waals surface area contributed by atoms with Crippen molar-refractivity contribution in [2.75, 3.05) is 42.9 Å². The van der Waals surface area contributed by atoms with Crippen LogP contribution < -0.4 is 10.2 Å². The van der Waals surface area contributed by atoms with E-state index in [4.69, 9.17) is 9.40 Å². The summed E-state index contributed by atoms with van der Waals surface area (Å²) in [6.07, 6.45) is 2.53. The van der Waals surface area contributed by atoms with Crippen LogP contribution in [0.4, 0.5) is 11.8 Å². The van der Waals surface area contributed by atoms with Gasteiger partial charge in [-0.25, -0.2) is 4.98 Å². The lowest BCUT2D eigenvalue weighted by molar-refractivity contribution is 0.0714. The molecular weight excluding hydrogens is 366 g/mol. The molecule has 7 heteroatoms. The normalized spacial score (nSPS) is 14.1. The van der Waals surface area contributed by atoms with E-state index in [0.29, 0.717) is 37.9 Å². The number of carbonyl (C=O) groups is 1. The highest BCUT2D eigenvalue weighted by molar-refractivity contribution is 5.91. The molecule has 150 valence electrons. The smallest absolute Gasteiger partial charge is 0.289 e. The Morgan fingerprint density at radius 3 is 2.55 bits per heavy atom. The molecule has 0 bridgehead atoms. The van der Waals surface area contributed by atoms with Gasteiger partial charge in [0, 0.05) is 44.4 Å². The number of nitrogens with one attached hydrogen (secondary N) is 1. The molecule has 0 aliphatic carbocycles. The number of nitrogens with zero attached hydrogens (tertiary/aromatic N) is 4. The van der Waals surface area contributed by atoms with Crippen LogP contribution in [0.3, 0.4) is 0 Å². The topological polar surface area (TPSA) is 74.5 Å². The maximum atomic E-state index is 12.5. The van der Waals surface area contributed by atoms with Crippen molar-refractivity contribution in [1.29, 1.82) is 0 Å². The van der Waals surface area contributed by atoms with Crippen molar-refractivity contribution in [2.24, 2.45) is 0 Å². The summed E-state index contributed by atoms with van der Waals surface area (Å²) in [4.78, 5) is 25.9. The Hall–Kier alpha value is -3.35. The summed E-state index contributed by atoms with van der Waals surface area (Å²) < 4.78 is 5.24. The second kappa shape index (κ2) is 8.77.